The van der Waals surface area contributed by atoms with Crippen LogP contribution in [0.3, 0.4) is 0 Å². The van der Waals surface area contributed by atoms with Gasteiger partial charge in [0.15, 0.2) is 0 Å². The van der Waals surface area contributed by atoms with Crippen LogP contribution in [-0.2, 0) is 6.54 Å². The molecule has 1 aromatic rings. The number of rotatable bonds is 2. The summed E-state index contributed by atoms with van der Waals surface area (Å²) in [4.78, 5) is 2.56. The zero-order valence-corrected chi connectivity index (χ0v) is 10.8. The first-order chi connectivity index (χ1) is 7.25. The van der Waals surface area contributed by atoms with Crippen molar-refractivity contribution in [1.29, 1.82) is 0 Å². The van der Waals surface area contributed by atoms with Crippen LogP contribution in [0.1, 0.15) is 25.3 Å². The van der Waals surface area contributed by atoms with Gasteiger partial charge in [0.1, 0.15) is 0 Å². The number of likely N-dealkylation sites (tertiary alicyclic amines) is 1. The van der Waals surface area contributed by atoms with Crippen LogP contribution in [0.4, 0.5) is 0 Å². The molecule has 1 heterocycles. The molecule has 1 saturated heterocycles. The molecule has 1 aromatic carbocycles. The number of piperidine rings is 1. The molecule has 2 heteroatoms. The van der Waals surface area contributed by atoms with Crippen molar-refractivity contribution in [1.82, 2.24) is 4.90 Å². The van der Waals surface area contributed by atoms with Crippen molar-refractivity contribution in [2.45, 2.75) is 26.3 Å². The molecule has 1 aliphatic rings. The molecule has 0 unspecified atom stereocenters. The van der Waals surface area contributed by atoms with Crippen molar-refractivity contribution in [3.05, 3.63) is 34.3 Å². The Labute approximate surface area is 101 Å². The van der Waals surface area contributed by atoms with Gasteiger partial charge in [0.05, 0.1) is 0 Å². The summed E-state index contributed by atoms with van der Waals surface area (Å²) < 4.78 is 1.24. The maximum Gasteiger partial charge on any atom is 0.0245 e. The Morgan fingerprint density at radius 2 is 2.20 bits per heavy atom. The minimum Gasteiger partial charge on any atom is -0.299 e. The average Bonchev–Trinajstić information content (AvgIpc) is 2.22. The highest BCUT2D eigenvalue weighted by molar-refractivity contribution is 9.10. The largest absolute Gasteiger partial charge is 0.299 e. The second-order valence-electron chi connectivity index (χ2n) is 4.57. The molecule has 2 rings (SSSR count). The van der Waals surface area contributed by atoms with E-state index < -0.39 is 0 Å². The van der Waals surface area contributed by atoms with E-state index in [1.165, 1.54) is 36.0 Å². The number of halogens is 1. The van der Waals surface area contributed by atoms with E-state index in [0.29, 0.717) is 0 Å². The maximum atomic E-state index is 3.61. The average molecular weight is 268 g/mol. The number of benzene rings is 1. The number of hydrogen-bond donors (Lipinski definition) is 0. The van der Waals surface area contributed by atoms with E-state index in [-0.39, 0.29) is 0 Å². The van der Waals surface area contributed by atoms with Crippen molar-refractivity contribution in [3.8, 4) is 0 Å². The van der Waals surface area contributed by atoms with Crippen LogP contribution in [-0.4, -0.2) is 18.0 Å². The normalized spacial score (nSPS) is 22.9. The maximum absolute atomic E-state index is 3.61. The first kappa shape index (κ1) is 11.2. The van der Waals surface area contributed by atoms with Crippen molar-refractivity contribution < 1.29 is 0 Å². The van der Waals surface area contributed by atoms with Gasteiger partial charge in [0.2, 0.25) is 0 Å². The lowest BCUT2D eigenvalue weighted by Crippen LogP contribution is -2.33. The first-order valence-electron chi connectivity index (χ1n) is 5.71. The Hall–Kier alpha value is -0.340. The van der Waals surface area contributed by atoms with Crippen LogP contribution >= 0.6 is 15.9 Å². The van der Waals surface area contributed by atoms with Crippen LogP contribution in [0.5, 0.6) is 0 Å². The minimum atomic E-state index is 0.862. The second-order valence-corrected chi connectivity index (χ2v) is 5.43. The van der Waals surface area contributed by atoms with Gasteiger partial charge in [-0.15, -0.1) is 0 Å². The molecule has 1 nitrogen and oxygen atoms in total. The van der Waals surface area contributed by atoms with Crippen molar-refractivity contribution in [2.24, 2.45) is 5.92 Å². The van der Waals surface area contributed by atoms with Crippen molar-refractivity contribution in [3.63, 3.8) is 0 Å². The molecule has 1 atom stereocenters. The Kier molecular flexibility index (Phi) is 3.81. The van der Waals surface area contributed by atoms with E-state index >= 15 is 0 Å². The summed E-state index contributed by atoms with van der Waals surface area (Å²) >= 11 is 3.61. The van der Waals surface area contributed by atoms with E-state index in [2.05, 4.69) is 52.0 Å². The lowest BCUT2D eigenvalue weighted by atomic mass is 10.00. The third-order valence-corrected chi connectivity index (χ3v) is 3.87. The quantitative estimate of drug-likeness (QED) is 0.790. The summed E-state index contributed by atoms with van der Waals surface area (Å²) in [7, 11) is 0. The van der Waals surface area contributed by atoms with Gasteiger partial charge in [-0.3, -0.25) is 4.90 Å². The zero-order chi connectivity index (χ0) is 10.7. The van der Waals surface area contributed by atoms with Gasteiger partial charge >= 0.3 is 0 Å². The SMILES string of the molecule is C[C@@H]1CCCN(Cc2ccccc2Br)C1. The van der Waals surface area contributed by atoms with Gasteiger partial charge in [-0.2, -0.15) is 0 Å². The lowest BCUT2D eigenvalue weighted by molar-refractivity contribution is 0.176. The van der Waals surface area contributed by atoms with Gasteiger partial charge in [0, 0.05) is 17.6 Å². The summed E-state index contributed by atoms with van der Waals surface area (Å²) in [5, 5.41) is 0. The van der Waals surface area contributed by atoms with Gasteiger partial charge in [-0.1, -0.05) is 41.1 Å². The van der Waals surface area contributed by atoms with Gasteiger partial charge < -0.3 is 0 Å². The minimum absolute atomic E-state index is 0.862. The molecule has 0 bridgehead atoms. The summed E-state index contributed by atoms with van der Waals surface area (Å²) in [6.07, 6.45) is 2.75. The molecule has 0 aliphatic carbocycles. The highest BCUT2D eigenvalue weighted by Gasteiger charge is 2.16. The Bertz CT molecular complexity index is 324. The van der Waals surface area contributed by atoms with E-state index in [0.717, 1.165) is 12.5 Å². The predicted octanol–water partition coefficient (Wildman–Crippen LogP) is 3.68. The summed E-state index contributed by atoms with van der Waals surface area (Å²) in [6, 6.07) is 8.53. The Balaban J connectivity index is 1.99. The van der Waals surface area contributed by atoms with Crippen LogP contribution < -0.4 is 0 Å². The van der Waals surface area contributed by atoms with E-state index in [9.17, 15) is 0 Å². The molecule has 82 valence electrons. The van der Waals surface area contributed by atoms with Crippen LogP contribution in [0.25, 0.3) is 0 Å². The van der Waals surface area contributed by atoms with E-state index in [1.54, 1.807) is 0 Å². The van der Waals surface area contributed by atoms with Gasteiger partial charge in [-0.05, 0) is 36.9 Å². The molecule has 0 amide bonds. The predicted molar refractivity (Wildman–Crippen MR) is 67.8 cm³/mol. The standard InChI is InChI=1S/C13H18BrN/c1-11-5-4-8-15(9-11)10-12-6-2-3-7-13(12)14/h2-3,6-7,11H,4-5,8-10H2,1H3/t11-/m1/s1. The Morgan fingerprint density at radius 3 is 2.93 bits per heavy atom. The smallest absolute Gasteiger partial charge is 0.0245 e. The van der Waals surface area contributed by atoms with Crippen LogP contribution in [0.2, 0.25) is 0 Å². The highest BCUT2D eigenvalue weighted by atomic mass is 79.9. The van der Waals surface area contributed by atoms with Gasteiger partial charge in [-0.25, -0.2) is 0 Å². The lowest BCUT2D eigenvalue weighted by Gasteiger charge is -2.31. The fourth-order valence-corrected chi connectivity index (χ4v) is 2.71. The summed E-state index contributed by atoms with van der Waals surface area (Å²) in [6.45, 7) is 5.95. The molecule has 1 aliphatic heterocycles. The fraction of sp³-hybridized carbons (Fsp3) is 0.538. The highest BCUT2D eigenvalue weighted by Crippen LogP contribution is 2.21. The fourth-order valence-electron chi connectivity index (χ4n) is 2.30. The summed E-state index contributed by atoms with van der Waals surface area (Å²) in [5.74, 6) is 0.862. The number of nitrogens with zero attached hydrogens (tertiary/aromatic N) is 1. The molecule has 0 spiro atoms. The molecule has 0 aromatic heterocycles. The van der Waals surface area contributed by atoms with Crippen LogP contribution in [0, 0.1) is 5.92 Å². The molecular weight excluding hydrogens is 250 g/mol. The molecular formula is C13H18BrN. The second kappa shape index (κ2) is 5.13. The third kappa shape index (κ3) is 3.05. The number of hydrogen-bond acceptors (Lipinski definition) is 1. The van der Waals surface area contributed by atoms with Crippen LogP contribution in [0.15, 0.2) is 28.7 Å². The van der Waals surface area contributed by atoms with E-state index in [4.69, 9.17) is 0 Å². The molecule has 0 radical (unpaired) electrons. The Morgan fingerprint density at radius 1 is 1.40 bits per heavy atom. The third-order valence-electron chi connectivity index (χ3n) is 3.09. The monoisotopic (exact) mass is 267 g/mol. The molecule has 15 heavy (non-hydrogen) atoms. The van der Waals surface area contributed by atoms with Crippen molar-refractivity contribution in [2.75, 3.05) is 13.1 Å². The summed E-state index contributed by atoms with van der Waals surface area (Å²) in [5.41, 5.74) is 1.41. The molecule has 1 fully saturated rings. The van der Waals surface area contributed by atoms with E-state index in [1.807, 2.05) is 0 Å². The molecule has 0 saturated carbocycles. The van der Waals surface area contributed by atoms with Gasteiger partial charge in [0.25, 0.3) is 0 Å². The first-order valence-corrected chi connectivity index (χ1v) is 6.51. The molecule has 0 N–H and O–H groups in total. The zero-order valence-electron chi connectivity index (χ0n) is 9.25. The topological polar surface area (TPSA) is 3.24 Å². The van der Waals surface area contributed by atoms with Crippen molar-refractivity contribution >= 4 is 15.9 Å².